The number of alkyl halides is 1. The fourth-order valence-corrected chi connectivity index (χ4v) is 7.32. The first kappa shape index (κ1) is 22.3. The van der Waals surface area contributed by atoms with E-state index in [-0.39, 0.29) is 24.5 Å². The van der Waals surface area contributed by atoms with Crippen molar-refractivity contribution in [3.05, 3.63) is 23.8 Å². The van der Waals surface area contributed by atoms with Crippen LogP contribution in [0.15, 0.2) is 23.8 Å². The standard InChI is InChI=1S/C24H31FO6/c1-13-9-18-17-6-5-15-10-16(27)7-8-21(15,3)23(17,25)19(28)11-22(18,4)24(13,30)20(29)12-31-14(2)26/h5,7-8,13,17-19,28,30H,6,9-12H2,1-4H3/t13-,17+,18+,19+,21+,22+,23-,24+/m1/s1. The van der Waals surface area contributed by atoms with E-state index >= 15 is 4.39 Å². The Morgan fingerprint density at radius 1 is 1.29 bits per heavy atom. The van der Waals surface area contributed by atoms with E-state index in [0.717, 1.165) is 0 Å². The van der Waals surface area contributed by atoms with E-state index in [0.29, 0.717) is 18.4 Å². The molecule has 0 heterocycles. The monoisotopic (exact) mass is 434 g/mol. The van der Waals surface area contributed by atoms with Gasteiger partial charge in [0.25, 0.3) is 0 Å². The molecule has 8 atom stereocenters. The second-order valence-corrected chi connectivity index (χ2v) is 10.4. The number of halogens is 1. The SMILES string of the molecule is CC(=O)OCC(=O)[C@@]1(O)[C@H](C)C[C@H]2[C@@H]3CC=C4CC(=O)C=C[C@]4(C)[C@]3(F)[C@@H](O)C[C@@]21C. The maximum Gasteiger partial charge on any atom is 0.303 e. The van der Waals surface area contributed by atoms with E-state index in [1.807, 2.05) is 6.08 Å². The van der Waals surface area contributed by atoms with Crippen molar-refractivity contribution in [1.82, 2.24) is 0 Å². The summed E-state index contributed by atoms with van der Waals surface area (Å²) in [4.78, 5) is 36.2. The van der Waals surface area contributed by atoms with E-state index in [1.54, 1.807) is 26.8 Å². The van der Waals surface area contributed by atoms with Gasteiger partial charge in [-0.25, -0.2) is 4.39 Å². The number of aliphatic hydroxyl groups is 2. The van der Waals surface area contributed by atoms with Gasteiger partial charge in [0.05, 0.1) is 6.10 Å². The third kappa shape index (κ3) is 2.65. The van der Waals surface area contributed by atoms with Crippen LogP contribution in [0, 0.1) is 28.6 Å². The van der Waals surface area contributed by atoms with Crippen molar-refractivity contribution in [2.75, 3.05) is 6.61 Å². The molecule has 2 fully saturated rings. The molecule has 2 N–H and O–H groups in total. The van der Waals surface area contributed by atoms with Gasteiger partial charge < -0.3 is 14.9 Å². The van der Waals surface area contributed by atoms with Gasteiger partial charge in [0, 0.05) is 30.1 Å². The van der Waals surface area contributed by atoms with Gasteiger partial charge >= 0.3 is 5.97 Å². The number of ketones is 2. The van der Waals surface area contributed by atoms with Crippen LogP contribution in [0.2, 0.25) is 0 Å². The lowest BCUT2D eigenvalue weighted by Gasteiger charge is -2.62. The molecule has 0 aromatic heterocycles. The van der Waals surface area contributed by atoms with Crippen LogP contribution in [0.1, 0.15) is 53.4 Å². The van der Waals surface area contributed by atoms with Crippen LogP contribution < -0.4 is 0 Å². The van der Waals surface area contributed by atoms with Gasteiger partial charge in [0.15, 0.2) is 18.1 Å². The fraction of sp³-hybridized carbons (Fsp3) is 0.708. The second kappa shape index (κ2) is 6.82. The molecule has 0 spiro atoms. The summed E-state index contributed by atoms with van der Waals surface area (Å²) in [5.74, 6) is -2.77. The first-order chi connectivity index (χ1) is 14.3. The molecule has 0 unspecified atom stereocenters. The minimum atomic E-state index is -2.01. The van der Waals surface area contributed by atoms with Gasteiger partial charge in [-0.1, -0.05) is 31.6 Å². The highest BCUT2D eigenvalue weighted by molar-refractivity contribution is 5.94. The summed E-state index contributed by atoms with van der Waals surface area (Å²) in [6.07, 6.45) is 4.26. The molecule has 4 aliphatic carbocycles. The third-order valence-corrected chi connectivity index (χ3v) is 9.02. The second-order valence-electron chi connectivity index (χ2n) is 10.4. The largest absolute Gasteiger partial charge is 0.458 e. The summed E-state index contributed by atoms with van der Waals surface area (Å²) in [7, 11) is 0. The number of esters is 1. The summed E-state index contributed by atoms with van der Waals surface area (Å²) in [6, 6.07) is 0. The van der Waals surface area contributed by atoms with E-state index in [2.05, 4.69) is 0 Å². The molecule has 31 heavy (non-hydrogen) atoms. The van der Waals surface area contributed by atoms with E-state index in [4.69, 9.17) is 4.74 Å². The molecule has 4 rings (SSSR count). The van der Waals surface area contributed by atoms with Crippen molar-refractivity contribution in [1.29, 1.82) is 0 Å². The number of hydrogen-bond acceptors (Lipinski definition) is 6. The lowest BCUT2D eigenvalue weighted by Crippen LogP contribution is -2.69. The van der Waals surface area contributed by atoms with E-state index in [1.165, 1.54) is 13.0 Å². The number of allylic oxidation sites excluding steroid dienone is 4. The first-order valence-electron chi connectivity index (χ1n) is 11.0. The molecule has 0 bridgehead atoms. The molecule has 0 aromatic carbocycles. The quantitative estimate of drug-likeness (QED) is 0.523. The molecule has 0 aromatic rings. The van der Waals surface area contributed by atoms with Gasteiger partial charge in [-0.05, 0) is 44.1 Å². The molecule has 170 valence electrons. The maximum absolute atomic E-state index is 17.0. The summed E-state index contributed by atoms with van der Waals surface area (Å²) in [5, 5.41) is 22.9. The predicted octanol–water partition coefficient (Wildman–Crippen LogP) is 2.47. The molecule has 0 aliphatic heterocycles. The van der Waals surface area contributed by atoms with Crippen molar-refractivity contribution in [2.24, 2.45) is 28.6 Å². The van der Waals surface area contributed by atoms with Crippen molar-refractivity contribution < 1.29 is 33.7 Å². The van der Waals surface area contributed by atoms with Crippen LogP contribution >= 0.6 is 0 Å². The Hall–Kier alpha value is -1.86. The number of fused-ring (bicyclic) bond motifs is 5. The van der Waals surface area contributed by atoms with Crippen LogP contribution in [-0.2, 0) is 19.1 Å². The fourth-order valence-electron chi connectivity index (χ4n) is 7.32. The number of Topliss-reactive ketones (excluding diaryl/α,β-unsaturated/α-hetero) is 1. The van der Waals surface area contributed by atoms with E-state index in [9.17, 15) is 24.6 Å². The van der Waals surface area contributed by atoms with Crippen molar-refractivity contribution in [3.63, 3.8) is 0 Å². The molecule has 2 saturated carbocycles. The number of aliphatic hydroxyl groups excluding tert-OH is 1. The minimum Gasteiger partial charge on any atom is -0.458 e. The number of carbonyl (C=O) groups is 3. The molecule has 0 amide bonds. The summed E-state index contributed by atoms with van der Waals surface area (Å²) < 4.78 is 21.9. The Morgan fingerprint density at radius 2 is 1.97 bits per heavy atom. The minimum absolute atomic E-state index is 0.0826. The number of ether oxygens (including phenoxy) is 1. The highest BCUT2D eigenvalue weighted by Crippen LogP contribution is 2.70. The normalized spacial score (nSPS) is 48.4. The van der Waals surface area contributed by atoms with Gasteiger partial charge in [-0.15, -0.1) is 0 Å². The molecular weight excluding hydrogens is 403 g/mol. The smallest absolute Gasteiger partial charge is 0.303 e. The maximum atomic E-state index is 17.0. The summed E-state index contributed by atoms with van der Waals surface area (Å²) >= 11 is 0. The van der Waals surface area contributed by atoms with Crippen molar-refractivity contribution in [3.8, 4) is 0 Å². The number of hydrogen-bond donors (Lipinski definition) is 2. The molecule has 7 heteroatoms. The molecular formula is C24H31FO6. The molecule has 0 radical (unpaired) electrons. The molecule has 0 saturated heterocycles. The Kier molecular flexibility index (Phi) is 4.91. The highest BCUT2D eigenvalue weighted by atomic mass is 19.1. The van der Waals surface area contributed by atoms with Crippen LogP contribution in [-0.4, -0.2) is 51.7 Å². The van der Waals surface area contributed by atoms with Gasteiger partial charge in [-0.2, -0.15) is 0 Å². The van der Waals surface area contributed by atoms with Crippen LogP contribution in [0.5, 0.6) is 0 Å². The van der Waals surface area contributed by atoms with Gasteiger partial charge in [0.1, 0.15) is 5.60 Å². The Bertz CT molecular complexity index is 910. The van der Waals surface area contributed by atoms with Crippen LogP contribution in [0.25, 0.3) is 0 Å². The number of carbonyl (C=O) groups excluding carboxylic acids is 3. The Morgan fingerprint density at radius 3 is 2.61 bits per heavy atom. The zero-order valence-electron chi connectivity index (χ0n) is 18.5. The average Bonchev–Trinajstić information content (AvgIpc) is 2.89. The zero-order valence-corrected chi connectivity index (χ0v) is 18.5. The first-order valence-corrected chi connectivity index (χ1v) is 11.0. The number of rotatable bonds is 3. The van der Waals surface area contributed by atoms with Gasteiger partial charge in [0.2, 0.25) is 5.78 Å². The highest BCUT2D eigenvalue weighted by Gasteiger charge is 2.75. The Balaban J connectivity index is 1.77. The van der Waals surface area contributed by atoms with Gasteiger partial charge in [-0.3, -0.25) is 14.4 Å². The van der Waals surface area contributed by atoms with E-state index < -0.39 is 58.4 Å². The zero-order chi connectivity index (χ0) is 23.0. The topological polar surface area (TPSA) is 101 Å². The summed E-state index contributed by atoms with van der Waals surface area (Å²) in [6.45, 7) is 5.88. The van der Waals surface area contributed by atoms with Crippen molar-refractivity contribution >= 4 is 17.5 Å². The van der Waals surface area contributed by atoms with Crippen LogP contribution in [0.3, 0.4) is 0 Å². The average molecular weight is 435 g/mol. The molecule has 6 nitrogen and oxygen atoms in total. The van der Waals surface area contributed by atoms with Crippen molar-refractivity contribution in [2.45, 2.75) is 70.8 Å². The predicted molar refractivity (Wildman–Crippen MR) is 109 cm³/mol. The third-order valence-electron chi connectivity index (χ3n) is 9.02. The lowest BCUT2D eigenvalue weighted by molar-refractivity contribution is -0.215. The Labute approximate surface area is 181 Å². The molecule has 4 aliphatic rings. The summed E-state index contributed by atoms with van der Waals surface area (Å²) in [5.41, 5.74) is -5.34. The van der Waals surface area contributed by atoms with Crippen LogP contribution in [0.4, 0.5) is 4.39 Å². The lowest BCUT2D eigenvalue weighted by atomic mass is 9.45.